The Balaban J connectivity index is 1.90. The molecule has 0 aromatic carbocycles. The summed E-state index contributed by atoms with van der Waals surface area (Å²) in [5.74, 6) is -2.32. The van der Waals surface area contributed by atoms with Gasteiger partial charge in [-0.15, -0.1) is 0 Å². The lowest BCUT2D eigenvalue weighted by Crippen LogP contribution is -2.70. The number of phosphoric acid groups is 1. The van der Waals surface area contributed by atoms with Crippen molar-refractivity contribution in [3.05, 3.63) is 12.2 Å². The Morgan fingerprint density at radius 1 is 0.344 bits per heavy atom. The van der Waals surface area contributed by atoms with Crippen LogP contribution in [0.5, 0.6) is 0 Å². The van der Waals surface area contributed by atoms with Crippen LogP contribution in [0.1, 0.15) is 439 Å². The van der Waals surface area contributed by atoms with Crippen LogP contribution in [0.2, 0.25) is 0 Å². The molecule has 0 aromatic heterocycles. The molecule has 122 heavy (non-hydrogen) atoms. The van der Waals surface area contributed by atoms with E-state index in [0.29, 0.717) is 38.0 Å². The molecule has 0 amide bonds. The molecule has 26 heteroatoms. The highest BCUT2D eigenvalue weighted by Gasteiger charge is 2.60. The normalized spacial score (nSPS) is 24.8. The third-order valence-corrected chi connectivity index (χ3v) is 25.7. The highest BCUT2D eigenvalue weighted by molar-refractivity contribution is 7.47. The predicted octanol–water partition coefficient (Wildman–Crippen LogP) is 19.4. The van der Waals surface area contributed by atoms with Crippen molar-refractivity contribution in [1.29, 1.82) is 0 Å². The van der Waals surface area contributed by atoms with E-state index >= 15 is 0 Å². The molecule has 2 heterocycles. The molecule has 10 N–H and O–H groups in total. The average molecular weight is 1760 g/mol. The van der Waals surface area contributed by atoms with Crippen molar-refractivity contribution in [2.75, 3.05) is 26.4 Å². The largest absolute Gasteiger partial charge is 0.472 e. The zero-order chi connectivity index (χ0) is 89.1. The summed E-state index contributed by atoms with van der Waals surface area (Å²) in [5.41, 5.74) is 0. The number of ether oxygens (including phenoxy) is 8. The van der Waals surface area contributed by atoms with Gasteiger partial charge < -0.3 is 88.7 Å². The van der Waals surface area contributed by atoms with Crippen LogP contribution in [-0.4, -0.2) is 205 Å². The molecule has 19 atom stereocenters. The van der Waals surface area contributed by atoms with Gasteiger partial charge >= 0.3 is 31.7 Å². The Kier molecular flexibility index (Phi) is 68.7. The van der Waals surface area contributed by atoms with Crippen molar-refractivity contribution < 1.29 is 122 Å². The fourth-order valence-electron chi connectivity index (χ4n) is 16.7. The summed E-state index contributed by atoms with van der Waals surface area (Å²) in [5, 5.41) is 103. The van der Waals surface area contributed by atoms with Crippen molar-refractivity contribution in [3.8, 4) is 0 Å². The van der Waals surface area contributed by atoms with Crippen LogP contribution in [0, 0.1) is 5.92 Å². The van der Waals surface area contributed by atoms with Crippen molar-refractivity contribution >= 4 is 31.7 Å². The fraction of sp³-hybridized carbons (Fsp3) is 0.938. The average Bonchev–Trinajstić information content (AvgIpc) is 0.753. The quantitative estimate of drug-likeness (QED) is 0.00889. The summed E-state index contributed by atoms with van der Waals surface area (Å²) in [6, 6.07) is 0. The number of allylic oxidation sites excluding steroid dienone is 2. The van der Waals surface area contributed by atoms with E-state index in [1.54, 1.807) is 0 Å². The Hall–Kier alpha value is -2.79. The molecular weight excluding hydrogens is 1580 g/mol. The van der Waals surface area contributed by atoms with Gasteiger partial charge in [0.2, 0.25) is 0 Å². The smallest absolute Gasteiger partial charge is 0.463 e. The fourth-order valence-corrected chi connectivity index (χ4v) is 17.6. The van der Waals surface area contributed by atoms with Crippen LogP contribution in [0.15, 0.2) is 12.2 Å². The molecule has 3 fully saturated rings. The lowest BCUT2D eigenvalue weighted by atomic mass is 9.84. The van der Waals surface area contributed by atoms with Gasteiger partial charge in [0.15, 0.2) is 24.8 Å². The molecule has 1 saturated carbocycles. The van der Waals surface area contributed by atoms with Gasteiger partial charge in [0.05, 0.1) is 13.2 Å². The molecule has 2 aliphatic heterocycles. The highest BCUT2D eigenvalue weighted by atomic mass is 31.2. The molecule has 2 saturated heterocycles. The van der Waals surface area contributed by atoms with Gasteiger partial charge in [0.1, 0.15) is 92.6 Å². The van der Waals surface area contributed by atoms with E-state index in [1.165, 1.54) is 199 Å². The number of carbonyl (C=O) groups is 4. The van der Waals surface area contributed by atoms with Gasteiger partial charge in [-0.2, -0.15) is 0 Å². The zero-order valence-electron chi connectivity index (χ0n) is 77.0. The first-order valence-corrected chi connectivity index (χ1v) is 51.3. The lowest BCUT2D eigenvalue weighted by molar-refractivity contribution is -0.360. The van der Waals surface area contributed by atoms with E-state index in [9.17, 15) is 74.6 Å². The molecule has 0 radical (unpaired) electrons. The van der Waals surface area contributed by atoms with Crippen LogP contribution in [0.3, 0.4) is 0 Å². The first-order chi connectivity index (χ1) is 59.1. The van der Waals surface area contributed by atoms with E-state index in [1.807, 2.05) is 0 Å². The zero-order valence-corrected chi connectivity index (χ0v) is 77.9. The SMILES string of the molecule is CCCCCC/C=C\CCCCCCCCCC(=O)OCC1OC(OC2C(OC(=O)CCCCCCCCC(C)CCCCCCCC)C(O)C(O)C(OC3OC(CO)C(O)C(O)C3O)C2OP(=O)(O)OCC(COC(=O)CCCCCCCCCCCCCCCCCC)OC(=O)CCCCCCCCCCCCCCCCCC)C(O)C(O)C1O. The molecule has 3 aliphatic rings. The minimum absolute atomic E-state index is 0.0106. The van der Waals surface area contributed by atoms with Crippen molar-refractivity contribution in [1.82, 2.24) is 0 Å². The summed E-state index contributed by atoms with van der Waals surface area (Å²) >= 11 is 0. The molecule has 25 nitrogen and oxygen atoms in total. The summed E-state index contributed by atoms with van der Waals surface area (Å²) < 4.78 is 73.7. The Labute approximate surface area is 737 Å². The van der Waals surface area contributed by atoms with Gasteiger partial charge in [-0.1, -0.05) is 374 Å². The van der Waals surface area contributed by atoms with E-state index in [2.05, 4.69) is 46.8 Å². The van der Waals surface area contributed by atoms with Crippen LogP contribution in [-0.2, 0) is 70.7 Å². The van der Waals surface area contributed by atoms with Crippen LogP contribution < -0.4 is 0 Å². The highest BCUT2D eigenvalue weighted by Crippen LogP contribution is 2.49. The van der Waals surface area contributed by atoms with Gasteiger partial charge in [0.25, 0.3) is 0 Å². The number of hydrogen-bond acceptors (Lipinski definition) is 24. The topological polar surface area (TPSA) is 380 Å². The minimum atomic E-state index is -5.81. The molecule has 19 unspecified atom stereocenters. The number of phosphoric ester groups is 1. The van der Waals surface area contributed by atoms with Crippen LogP contribution in [0.4, 0.5) is 0 Å². The molecule has 1 aliphatic carbocycles. The van der Waals surface area contributed by atoms with Gasteiger partial charge in [-0.05, 0) is 57.3 Å². The monoisotopic (exact) mass is 1760 g/mol. The first kappa shape index (κ1) is 113. The van der Waals surface area contributed by atoms with Gasteiger partial charge in [-0.3, -0.25) is 28.2 Å². The Bertz CT molecular complexity index is 2590. The molecule has 0 bridgehead atoms. The van der Waals surface area contributed by atoms with E-state index < -0.39 is 162 Å². The number of aliphatic hydroxyl groups excluding tert-OH is 9. The molecule has 718 valence electrons. The van der Waals surface area contributed by atoms with Gasteiger partial charge in [-0.25, -0.2) is 4.57 Å². The number of esters is 4. The number of unbranched alkanes of at least 4 members (excludes halogenated alkanes) is 51. The Morgan fingerprint density at radius 3 is 1.07 bits per heavy atom. The minimum Gasteiger partial charge on any atom is -0.463 e. The van der Waals surface area contributed by atoms with E-state index in [-0.39, 0.29) is 25.7 Å². The van der Waals surface area contributed by atoms with Gasteiger partial charge in [0, 0.05) is 25.7 Å². The van der Waals surface area contributed by atoms with Crippen LogP contribution in [0.25, 0.3) is 0 Å². The summed E-state index contributed by atoms with van der Waals surface area (Å²) in [7, 11) is -5.81. The summed E-state index contributed by atoms with van der Waals surface area (Å²) in [6.45, 7) is 7.94. The predicted molar refractivity (Wildman–Crippen MR) is 476 cm³/mol. The van der Waals surface area contributed by atoms with Crippen molar-refractivity contribution in [2.24, 2.45) is 5.92 Å². The summed E-state index contributed by atoms with van der Waals surface area (Å²) in [4.78, 5) is 66.7. The maximum Gasteiger partial charge on any atom is 0.472 e. The number of rotatable bonds is 81. The van der Waals surface area contributed by atoms with Crippen molar-refractivity contribution in [2.45, 2.75) is 543 Å². The summed E-state index contributed by atoms with van der Waals surface area (Å²) in [6.07, 6.45) is 33.2. The molecule has 3 rings (SSSR count). The second-order valence-electron chi connectivity index (χ2n) is 35.9. The lowest BCUT2D eigenvalue weighted by Gasteiger charge is -2.50. The second-order valence-corrected chi connectivity index (χ2v) is 37.3. The van der Waals surface area contributed by atoms with E-state index in [4.69, 9.17) is 46.9 Å². The number of aliphatic hydroxyl groups is 9. The molecule has 0 spiro atoms. The van der Waals surface area contributed by atoms with Crippen molar-refractivity contribution in [3.63, 3.8) is 0 Å². The maximum atomic E-state index is 15.0. The molecular formula is C96H179O25P. The second kappa shape index (κ2) is 73.9. The third-order valence-electron chi connectivity index (χ3n) is 24.7. The standard InChI is InChI=1S/C96H179O25P/c1-6-10-14-18-22-25-28-31-34-37-40-42-45-48-55-61-67-79(98)112-72-76(115-81(100)69-63-57-50-47-44-41-38-35-32-29-26-23-19-15-11-7-2)73-114-122(110,111)121-94-92(119-95-89(108)85(104)83(102)77(71-97)116-95)88(107)87(106)91(118-82(101)70-64-58-52-51-54-60-66-75(5)65-59-53-21-17-13-9-4)93(94)120-96-90(109)86(105)84(103)78(117-96)74-113-80(99)68-62-56-49-46-43-39-36-33-30-27-24-20-16-12-8-3/h27,30,75-78,83-97,102-109H,6-26,28-29,31-74H2,1-5H3,(H,110,111)/b30-27-. The number of carbonyl (C=O) groups excluding carboxylic acids is 4. The first-order valence-electron chi connectivity index (χ1n) is 49.8. The maximum absolute atomic E-state index is 15.0. The Morgan fingerprint density at radius 2 is 0.664 bits per heavy atom. The van der Waals surface area contributed by atoms with Crippen LogP contribution >= 0.6 is 7.82 Å². The third kappa shape index (κ3) is 53.4. The molecule has 0 aromatic rings. The number of hydrogen-bond donors (Lipinski definition) is 10. The van der Waals surface area contributed by atoms with E-state index in [0.717, 1.165) is 148 Å².